The lowest BCUT2D eigenvalue weighted by Crippen LogP contribution is -2.39. The molecule has 1 aromatic carbocycles. The fourth-order valence-corrected chi connectivity index (χ4v) is 2.68. The van der Waals surface area contributed by atoms with Crippen LogP contribution in [0.2, 0.25) is 0 Å². The standard InChI is InChI=1S/C17H20FN3O3/c1-12-10-16(20-24-12)19-17(22)6-7-21-8-9-23-15(11-21)13-2-4-14(18)5-3-13/h2-5,10,15H,6-9,11H2,1H3,(H,19,20,22). The minimum Gasteiger partial charge on any atom is -0.371 e. The van der Waals surface area contributed by atoms with Gasteiger partial charge in [-0.1, -0.05) is 17.3 Å². The molecule has 0 aliphatic carbocycles. The van der Waals surface area contributed by atoms with Crippen LogP contribution in [0.4, 0.5) is 10.2 Å². The number of hydrogen-bond acceptors (Lipinski definition) is 5. The molecule has 0 spiro atoms. The predicted octanol–water partition coefficient (Wildman–Crippen LogP) is 2.52. The van der Waals surface area contributed by atoms with Gasteiger partial charge in [0.25, 0.3) is 0 Å². The summed E-state index contributed by atoms with van der Waals surface area (Å²) in [7, 11) is 0. The number of aryl methyl sites for hydroxylation is 1. The Morgan fingerprint density at radius 1 is 1.42 bits per heavy atom. The van der Waals surface area contributed by atoms with E-state index in [0.29, 0.717) is 37.7 Å². The van der Waals surface area contributed by atoms with Crippen LogP contribution in [-0.4, -0.2) is 42.2 Å². The minimum atomic E-state index is -0.258. The van der Waals surface area contributed by atoms with Gasteiger partial charge in [0.05, 0.1) is 12.7 Å². The van der Waals surface area contributed by atoms with Crippen LogP contribution in [0.15, 0.2) is 34.9 Å². The Hall–Kier alpha value is -2.25. The smallest absolute Gasteiger partial charge is 0.226 e. The summed E-state index contributed by atoms with van der Waals surface area (Å²) >= 11 is 0. The number of hydrogen-bond donors (Lipinski definition) is 1. The first kappa shape index (κ1) is 16.6. The normalized spacial score (nSPS) is 18.5. The van der Waals surface area contributed by atoms with Crippen molar-refractivity contribution < 1.29 is 18.4 Å². The van der Waals surface area contributed by atoms with Crippen molar-refractivity contribution in [1.29, 1.82) is 0 Å². The van der Waals surface area contributed by atoms with Crippen molar-refractivity contribution in [2.45, 2.75) is 19.4 Å². The average molecular weight is 333 g/mol. The third-order valence-electron chi connectivity index (χ3n) is 3.94. The Labute approximate surface area is 139 Å². The van der Waals surface area contributed by atoms with Gasteiger partial charge in [-0.25, -0.2) is 4.39 Å². The molecule has 1 atom stereocenters. The zero-order chi connectivity index (χ0) is 16.9. The zero-order valence-corrected chi connectivity index (χ0v) is 13.5. The number of aromatic nitrogens is 1. The van der Waals surface area contributed by atoms with Crippen LogP contribution in [0, 0.1) is 12.7 Å². The van der Waals surface area contributed by atoms with E-state index in [1.807, 2.05) is 0 Å². The number of carbonyl (C=O) groups is 1. The molecule has 2 aromatic rings. The quantitative estimate of drug-likeness (QED) is 0.911. The highest BCUT2D eigenvalue weighted by molar-refractivity contribution is 5.89. The Morgan fingerprint density at radius 2 is 2.21 bits per heavy atom. The molecule has 1 aromatic heterocycles. The summed E-state index contributed by atoms with van der Waals surface area (Å²) in [6.07, 6.45) is 0.266. The van der Waals surface area contributed by atoms with Gasteiger partial charge in [-0.3, -0.25) is 9.69 Å². The van der Waals surface area contributed by atoms with Crippen LogP contribution in [0.3, 0.4) is 0 Å². The first-order valence-electron chi connectivity index (χ1n) is 7.93. The van der Waals surface area contributed by atoms with E-state index in [0.717, 1.165) is 12.1 Å². The van der Waals surface area contributed by atoms with Gasteiger partial charge < -0.3 is 14.6 Å². The number of amides is 1. The lowest BCUT2D eigenvalue weighted by atomic mass is 10.1. The molecule has 1 unspecified atom stereocenters. The molecule has 1 N–H and O–H groups in total. The van der Waals surface area contributed by atoms with Crippen LogP contribution >= 0.6 is 0 Å². The summed E-state index contributed by atoms with van der Waals surface area (Å²) in [6, 6.07) is 8.03. The molecule has 1 saturated heterocycles. The van der Waals surface area contributed by atoms with Gasteiger partial charge in [0.15, 0.2) is 5.82 Å². The third kappa shape index (κ3) is 4.39. The Balaban J connectivity index is 1.48. The monoisotopic (exact) mass is 333 g/mol. The highest BCUT2D eigenvalue weighted by atomic mass is 19.1. The lowest BCUT2D eigenvalue weighted by Gasteiger charge is -2.33. The van der Waals surface area contributed by atoms with Crippen molar-refractivity contribution in [1.82, 2.24) is 10.1 Å². The summed E-state index contributed by atoms with van der Waals surface area (Å²) in [5.74, 6) is 0.726. The van der Waals surface area contributed by atoms with E-state index >= 15 is 0 Å². The Bertz CT molecular complexity index is 687. The van der Waals surface area contributed by atoms with E-state index in [1.54, 1.807) is 25.1 Å². The molecule has 7 heteroatoms. The van der Waals surface area contributed by atoms with E-state index < -0.39 is 0 Å². The summed E-state index contributed by atoms with van der Waals surface area (Å²) < 4.78 is 23.7. The fraction of sp³-hybridized carbons (Fsp3) is 0.412. The van der Waals surface area contributed by atoms with Gasteiger partial charge in [0.1, 0.15) is 11.6 Å². The Morgan fingerprint density at radius 3 is 2.92 bits per heavy atom. The van der Waals surface area contributed by atoms with Crippen LogP contribution < -0.4 is 5.32 Å². The van der Waals surface area contributed by atoms with E-state index in [4.69, 9.17) is 9.26 Å². The molecule has 1 aliphatic rings. The number of nitrogens with zero attached hydrogens (tertiary/aromatic N) is 2. The van der Waals surface area contributed by atoms with Gasteiger partial charge in [-0.15, -0.1) is 0 Å². The highest BCUT2D eigenvalue weighted by Crippen LogP contribution is 2.22. The number of halogens is 1. The van der Waals surface area contributed by atoms with Gasteiger partial charge in [-0.05, 0) is 24.6 Å². The summed E-state index contributed by atoms with van der Waals surface area (Å²) in [4.78, 5) is 14.1. The van der Waals surface area contributed by atoms with E-state index in [1.165, 1.54) is 12.1 Å². The number of ether oxygens (including phenoxy) is 1. The number of morpholine rings is 1. The van der Waals surface area contributed by atoms with Crippen LogP contribution in [0.25, 0.3) is 0 Å². The lowest BCUT2D eigenvalue weighted by molar-refractivity contribution is -0.117. The zero-order valence-electron chi connectivity index (χ0n) is 13.5. The van der Waals surface area contributed by atoms with Crippen LogP contribution in [0.5, 0.6) is 0 Å². The van der Waals surface area contributed by atoms with Crippen molar-refractivity contribution in [3.63, 3.8) is 0 Å². The molecule has 1 fully saturated rings. The highest BCUT2D eigenvalue weighted by Gasteiger charge is 2.22. The number of carbonyl (C=O) groups excluding carboxylic acids is 1. The topological polar surface area (TPSA) is 67.6 Å². The van der Waals surface area contributed by atoms with E-state index in [-0.39, 0.29) is 17.8 Å². The molecule has 1 amide bonds. The van der Waals surface area contributed by atoms with E-state index in [2.05, 4.69) is 15.4 Å². The number of rotatable bonds is 5. The molecule has 24 heavy (non-hydrogen) atoms. The molecule has 3 rings (SSSR count). The third-order valence-corrected chi connectivity index (χ3v) is 3.94. The summed E-state index contributed by atoms with van der Waals surface area (Å²) in [6.45, 7) is 4.44. The SMILES string of the molecule is Cc1cc(NC(=O)CCN2CCOC(c3ccc(F)cc3)C2)no1. The second-order valence-corrected chi connectivity index (χ2v) is 5.83. The van der Waals surface area contributed by atoms with Crippen molar-refractivity contribution in [2.24, 2.45) is 0 Å². The van der Waals surface area contributed by atoms with Crippen molar-refractivity contribution in [3.05, 3.63) is 47.5 Å². The number of nitrogens with one attached hydrogen (secondary N) is 1. The van der Waals surface area contributed by atoms with Crippen LogP contribution in [0.1, 0.15) is 23.8 Å². The second kappa shape index (κ2) is 7.55. The van der Waals surface area contributed by atoms with E-state index in [9.17, 15) is 9.18 Å². The maximum atomic E-state index is 13.0. The molecule has 0 radical (unpaired) electrons. The molecular formula is C17H20FN3O3. The fourth-order valence-electron chi connectivity index (χ4n) is 2.68. The predicted molar refractivity (Wildman–Crippen MR) is 86.0 cm³/mol. The molecular weight excluding hydrogens is 313 g/mol. The number of benzene rings is 1. The number of anilines is 1. The molecule has 1 aliphatic heterocycles. The van der Waals surface area contributed by atoms with Crippen molar-refractivity contribution >= 4 is 11.7 Å². The Kier molecular flexibility index (Phi) is 5.22. The molecule has 0 bridgehead atoms. The maximum absolute atomic E-state index is 13.0. The van der Waals surface area contributed by atoms with Crippen molar-refractivity contribution in [2.75, 3.05) is 31.6 Å². The van der Waals surface area contributed by atoms with Gasteiger partial charge in [0, 0.05) is 32.1 Å². The van der Waals surface area contributed by atoms with Gasteiger partial charge >= 0.3 is 0 Å². The average Bonchev–Trinajstić information content (AvgIpc) is 2.99. The first-order valence-corrected chi connectivity index (χ1v) is 7.93. The maximum Gasteiger partial charge on any atom is 0.226 e. The van der Waals surface area contributed by atoms with Crippen molar-refractivity contribution in [3.8, 4) is 0 Å². The molecule has 128 valence electrons. The van der Waals surface area contributed by atoms with Gasteiger partial charge in [0.2, 0.25) is 5.91 Å². The van der Waals surface area contributed by atoms with Crippen LogP contribution in [-0.2, 0) is 9.53 Å². The summed E-state index contributed by atoms with van der Waals surface area (Å²) in [5.41, 5.74) is 0.948. The summed E-state index contributed by atoms with van der Waals surface area (Å²) in [5, 5.41) is 6.45. The van der Waals surface area contributed by atoms with Gasteiger partial charge in [-0.2, -0.15) is 0 Å². The second-order valence-electron chi connectivity index (χ2n) is 5.83. The molecule has 2 heterocycles. The largest absolute Gasteiger partial charge is 0.371 e. The molecule has 0 saturated carbocycles. The minimum absolute atomic E-state index is 0.0967. The molecule has 6 nitrogen and oxygen atoms in total. The first-order chi connectivity index (χ1) is 11.6.